The molecule has 0 unspecified atom stereocenters. The molecule has 5 rings (SSSR count). The summed E-state index contributed by atoms with van der Waals surface area (Å²) in [6.07, 6.45) is -15.8. The van der Waals surface area contributed by atoms with Crippen LogP contribution < -0.4 is 10.2 Å². The van der Waals surface area contributed by atoms with Gasteiger partial charge in [-0.25, -0.2) is 0 Å². The van der Waals surface area contributed by atoms with Crippen molar-refractivity contribution in [1.82, 2.24) is 0 Å². The van der Waals surface area contributed by atoms with Crippen molar-refractivity contribution in [3.63, 3.8) is 0 Å². The van der Waals surface area contributed by atoms with E-state index in [2.05, 4.69) is 0 Å². The summed E-state index contributed by atoms with van der Waals surface area (Å²) in [5.74, 6) is -3.45. The smallest absolute Gasteiger partial charge is 0.229 e. The molecule has 234 valence electrons. The van der Waals surface area contributed by atoms with Crippen molar-refractivity contribution in [3.05, 3.63) is 40.6 Å². The zero-order valence-corrected chi connectivity index (χ0v) is 22.3. The number of phenols is 4. The Hall–Kier alpha value is -3.71. The van der Waals surface area contributed by atoms with E-state index in [1.807, 2.05) is 0 Å². The Labute approximate surface area is 241 Å². The number of phenolic OH excluding ortho intramolecular Hbond substituents is 4. The Morgan fingerprint density at radius 3 is 2.12 bits per heavy atom. The van der Waals surface area contributed by atoms with Crippen molar-refractivity contribution in [2.45, 2.75) is 68.3 Å². The summed E-state index contributed by atoms with van der Waals surface area (Å²) in [6.45, 7) is 0.853. The van der Waals surface area contributed by atoms with Crippen LogP contribution in [-0.4, -0.2) is 119 Å². The van der Waals surface area contributed by atoms with Crippen LogP contribution in [0.4, 0.5) is 0 Å². The minimum atomic E-state index is -1.91. The third kappa shape index (κ3) is 5.67. The largest absolute Gasteiger partial charge is 0.504 e. The molecule has 3 aromatic rings. The zero-order valence-electron chi connectivity index (χ0n) is 22.3. The molecule has 0 spiro atoms. The van der Waals surface area contributed by atoms with Crippen LogP contribution in [0.15, 0.2) is 39.5 Å². The number of hydrogen-bond acceptors (Lipinski definition) is 16. The van der Waals surface area contributed by atoms with Crippen molar-refractivity contribution in [3.8, 4) is 40.1 Å². The minimum Gasteiger partial charge on any atom is -0.504 e. The third-order valence-corrected chi connectivity index (χ3v) is 7.34. The number of ether oxygens (including phenoxy) is 4. The summed E-state index contributed by atoms with van der Waals surface area (Å²) >= 11 is 0. The number of aliphatic hydroxyl groups excluding tert-OH is 6. The number of fused-ring (bicyclic) bond motifs is 1. The van der Waals surface area contributed by atoms with E-state index in [4.69, 9.17) is 23.4 Å². The molecular formula is C27H30O16. The summed E-state index contributed by atoms with van der Waals surface area (Å²) in [7, 11) is 0. The fraction of sp³-hybridized carbons (Fsp3) is 0.444. The molecule has 16 nitrogen and oxygen atoms in total. The quantitative estimate of drug-likeness (QED) is 0.140. The van der Waals surface area contributed by atoms with Crippen LogP contribution in [0.3, 0.4) is 0 Å². The van der Waals surface area contributed by atoms with Gasteiger partial charge in [0.2, 0.25) is 12.0 Å². The van der Waals surface area contributed by atoms with Gasteiger partial charge in [0.15, 0.2) is 34.7 Å². The first-order chi connectivity index (χ1) is 20.3. The van der Waals surface area contributed by atoms with Crippen LogP contribution in [0.5, 0.6) is 28.7 Å². The van der Waals surface area contributed by atoms with Crippen molar-refractivity contribution >= 4 is 11.0 Å². The number of aliphatic hydroxyl groups is 6. The highest BCUT2D eigenvalue weighted by Crippen LogP contribution is 2.43. The van der Waals surface area contributed by atoms with Gasteiger partial charge in [-0.2, -0.15) is 0 Å². The molecule has 2 saturated heterocycles. The van der Waals surface area contributed by atoms with Crippen LogP contribution in [0.2, 0.25) is 0 Å². The summed E-state index contributed by atoms with van der Waals surface area (Å²) in [5, 5.41) is 101. The third-order valence-electron chi connectivity index (χ3n) is 7.34. The van der Waals surface area contributed by atoms with E-state index in [1.54, 1.807) is 0 Å². The van der Waals surface area contributed by atoms with Crippen molar-refractivity contribution in [1.29, 1.82) is 0 Å². The second-order valence-electron chi connectivity index (χ2n) is 10.3. The van der Waals surface area contributed by atoms with Gasteiger partial charge in [0.05, 0.1) is 12.7 Å². The van der Waals surface area contributed by atoms with Crippen LogP contribution in [0, 0.1) is 0 Å². The monoisotopic (exact) mass is 610 g/mol. The topological polar surface area (TPSA) is 269 Å². The minimum absolute atomic E-state index is 0.0902. The number of hydrogen-bond donors (Lipinski definition) is 10. The van der Waals surface area contributed by atoms with Gasteiger partial charge in [-0.05, 0) is 25.1 Å². The van der Waals surface area contributed by atoms with Crippen molar-refractivity contribution < 1.29 is 74.4 Å². The number of benzene rings is 2. The molecule has 3 heterocycles. The number of aromatic hydroxyl groups is 4. The lowest BCUT2D eigenvalue weighted by Crippen LogP contribution is -2.61. The highest BCUT2D eigenvalue weighted by molar-refractivity contribution is 5.89. The first-order valence-electron chi connectivity index (χ1n) is 13.0. The van der Waals surface area contributed by atoms with Gasteiger partial charge in [0.25, 0.3) is 0 Å². The van der Waals surface area contributed by atoms with Gasteiger partial charge < -0.3 is 74.4 Å². The lowest BCUT2D eigenvalue weighted by atomic mass is 9.98. The van der Waals surface area contributed by atoms with Crippen molar-refractivity contribution in [2.75, 3.05) is 6.61 Å². The normalized spacial score (nSPS) is 33.0. The van der Waals surface area contributed by atoms with E-state index in [1.165, 1.54) is 13.0 Å². The molecule has 0 amide bonds. The molecule has 0 radical (unpaired) electrons. The molecule has 2 aromatic carbocycles. The Balaban J connectivity index is 1.40. The van der Waals surface area contributed by atoms with Gasteiger partial charge in [0.1, 0.15) is 59.5 Å². The highest BCUT2D eigenvalue weighted by atomic mass is 16.7. The molecule has 2 fully saturated rings. The lowest BCUT2D eigenvalue weighted by Gasteiger charge is -2.42. The molecule has 0 aliphatic carbocycles. The van der Waals surface area contributed by atoms with E-state index in [-0.39, 0.29) is 16.9 Å². The maximum Gasteiger partial charge on any atom is 0.229 e. The van der Waals surface area contributed by atoms with Gasteiger partial charge in [-0.3, -0.25) is 4.79 Å². The molecule has 16 heteroatoms. The van der Waals surface area contributed by atoms with Gasteiger partial charge in [-0.1, -0.05) is 0 Å². The SMILES string of the molecule is C[C@H]1O[C@@H](OC[C@H]2O[C@@H](Oc3cc4oc(-c5ccc(O)c(O)c5)cc(=O)c4c(O)c3O)[C@@H](O)[C@@H](O)[C@@H]2O)[C@H](O)[C@@H](O)[C@H]1O. The summed E-state index contributed by atoms with van der Waals surface area (Å²) in [5.41, 5.74) is -0.907. The summed E-state index contributed by atoms with van der Waals surface area (Å²) in [6, 6.07) is 5.61. The fourth-order valence-electron chi connectivity index (χ4n) is 4.80. The molecular weight excluding hydrogens is 580 g/mol. The lowest BCUT2D eigenvalue weighted by molar-refractivity contribution is -0.318. The van der Waals surface area contributed by atoms with E-state index in [9.17, 15) is 55.9 Å². The first kappa shape index (κ1) is 30.7. The van der Waals surface area contributed by atoms with E-state index in [0.29, 0.717) is 0 Å². The highest BCUT2D eigenvalue weighted by Gasteiger charge is 2.47. The molecule has 2 aliphatic heterocycles. The average Bonchev–Trinajstić information content (AvgIpc) is 2.97. The zero-order chi connectivity index (χ0) is 31.3. The Bertz CT molecular complexity index is 1540. The molecule has 10 atom stereocenters. The van der Waals surface area contributed by atoms with E-state index < -0.39 is 108 Å². The van der Waals surface area contributed by atoms with Crippen LogP contribution in [0.25, 0.3) is 22.3 Å². The molecule has 1 aromatic heterocycles. The molecule has 43 heavy (non-hydrogen) atoms. The maximum atomic E-state index is 12.8. The fourth-order valence-corrected chi connectivity index (χ4v) is 4.80. The summed E-state index contributed by atoms with van der Waals surface area (Å²) in [4.78, 5) is 12.8. The van der Waals surface area contributed by atoms with Crippen LogP contribution in [0.1, 0.15) is 6.92 Å². The number of rotatable bonds is 6. The second kappa shape index (κ2) is 11.8. The predicted octanol–water partition coefficient (Wildman–Crippen LogP) is -1.69. The Morgan fingerprint density at radius 1 is 0.744 bits per heavy atom. The van der Waals surface area contributed by atoms with Gasteiger partial charge in [-0.15, -0.1) is 0 Å². The standard InChI is InChI=1S/C27H30O16/c1-8-18(31)22(35)24(37)26(40-8)39-7-16-20(33)23(36)25(38)27(43-16)42-15-6-14-17(21(34)19(15)32)12(30)5-13(41-14)9-2-3-10(28)11(29)4-9/h2-6,8,16,18,20,22-29,31-38H,7H2,1H3/t8-,16-,18+,20-,22+,23+,24-,25+,26-,27-/m1/s1. The first-order valence-corrected chi connectivity index (χ1v) is 13.0. The van der Waals surface area contributed by atoms with E-state index >= 15 is 0 Å². The molecule has 2 aliphatic rings. The predicted molar refractivity (Wildman–Crippen MR) is 140 cm³/mol. The maximum absolute atomic E-state index is 12.8. The van der Waals surface area contributed by atoms with Crippen LogP contribution >= 0.6 is 0 Å². The van der Waals surface area contributed by atoms with Crippen molar-refractivity contribution in [2.24, 2.45) is 0 Å². The van der Waals surface area contributed by atoms with E-state index in [0.717, 1.165) is 24.3 Å². The van der Waals surface area contributed by atoms with Gasteiger partial charge in [0, 0.05) is 17.7 Å². The second-order valence-corrected chi connectivity index (χ2v) is 10.3. The Morgan fingerprint density at radius 2 is 1.42 bits per heavy atom. The molecule has 0 saturated carbocycles. The summed E-state index contributed by atoms with van der Waals surface area (Å²) < 4.78 is 27.5. The average molecular weight is 611 g/mol. The van der Waals surface area contributed by atoms with Gasteiger partial charge >= 0.3 is 0 Å². The molecule has 0 bridgehead atoms. The molecule has 10 N–H and O–H groups in total. The van der Waals surface area contributed by atoms with Crippen LogP contribution in [-0.2, 0) is 14.2 Å². The Kier molecular flexibility index (Phi) is 8.41.